The van der Waals surface area contributed by atoms with E-state index in [1.165, 1.54) is 47.5 Å². The van der Waals surface area contributed by atoms with Crippen molar-refractivity contribution < 1.29 is 0 Å². The van der Waals surface area contributed by atoms with Crippen LogP contribution in [0.2, 0.25) is 0 Å². The molecule has 7 heteroatoms. The maximum atomic E-state index is 4.47. The van der Waals surface area contributed by atoms with E-state index >= 15 is 0 Å². The summed E-state index contributed by atoms with van der Waals surface area (Å²) in [4.78, 5) is 5.76. The molecular weight excluding hydrogens is 368 g/mol. The standard InChI is InChI=1S/C21H26N6S/c1-15-11-16(2)13-18(12-15)23-21-24-20(25-26-21)22-14-17-5-7-19(8-6-17)28-27-9-3-4-10-27/h5-8,11-13H,3-4,9-10,14H2,1-2H3,(H3,22,23,24,25,26). The first-order valence-electron chi connectivity index (χ1n) is 9.67. The number of aromatic amines is 1. The molecule has 0 atom stereocenters. The second kappa shape index (κ2) is 8.67. The molecule has 1 saturated heterocycles. The van der Waals surface area contributed by atoms with E-state index in [-0.39, 0.29) is 0 Å². The lowest BCUT2D eigenvalue weighted by Gasteiger charge is -2.13. The Hall–Kier alpha value is -2.51. The van der Waals surface area contributed by atoms with Gasteiger partial charge < -0.3 is 10.6 Å². The summed E-state index contributed by atoms with van der Waals surface area (Å²) in [5.41, 5.74) is 4.63. The van der Waals surface area contributed by atoms with Gasteiger partial charge in [0.2, 0.25) is 11.9 Å². The molecule has 1 aliphatic heterocycles. The molecular formula is C21H26N6S. The van der Waals surface area contributed by atoms with Crippen molar-refractivity contribution in [1.29, 1.82) is 0 Å². The Kier molecular flexibility index (Phi) is 5.83. The lowest BCUT2D eigenvalue weighted by Crippen LogP contribution is -2.08. The predicted molar refractivity (Wildman–Crippen MR) is 116 cm³/mol. The second-order valence-electron chi connectivity index (χ2n) is 7.23. The number of nitrogens with one attached hydrogen (secondary N) is 3. The Morgan fingerprint density at radius 2 is 1.75 bits per heavy atom. The van der Waals surface area contributed by atoms with Crippen molar-refractivity contribution in [3.63, 3.8) is 0 Å². The minimum absolute atomic E-state index is 0.560. The molecule has 0 aliphatic carbocycles. The van der Waals surface area contributed by atoms with Crippen molar-refractivity contribution in [2.75, 3.05) is 23.7 Å². The number of nitrogens with zero attached hydrogens (tertiary/aromatic N) is 3. The van der Waals surface area contributed by atoms with Crippen LogP contribution in [-0.2, 0) is 6.54 Å². The predicted octanol–water partition coefficient (Wildman–Crippen LogP) is 4.88. The van der Waals surface area contributed by atoms with Crippen LogP contribution in [0.15, 0.2) is 47.4 Å². The Bertz CT molecular complexity index is 895. The largest absolute Gasteiger partial charge is 0.350 e. The van der Waals surface area contributed by atoms with Crippen molar-refractivity contribution >= 4 is 29.5 Å². The van der Waals surface area contributed by atoms with Gasteiger partial charge in [0.25, 0.3) is 0 Å². The molecule has 4 rings (SSSR count). The number of hydrogen-bond acceptors (Lipinski definition) is 6. The van der Waals surface area contributed by atoms with Gasteiger partial charge in [0.05, 0.1) is 0 Å². The highest BCUT2D eigenvalue weighted by atomic mass is 32.2. The van der Waals surface area contributed by atoms with Crippen molar-refractivity contribution in [3.05, 3.63) is 59.2 Å². The molecule has 1 aromatic heterocycles. The van der Waals surface area contributed by atoms with Gasteiger partial charge >= 0.3 is 0 Å². The van der Waals surface area contributed by atoms with Crippen LogP contribution in [-0.4, -0.2) is 32.6 Å². The zero-order valence-electron chi connectivity index (χ0n) is 16.3. The van der Waals surface area contributed by atoms with Gasteiger partial charge in [-0.2, -0.15) is 4.98 Å². The third kappa shape index (κ3) is 5.05. The van der Waals surface area contributed by atoms with Gasteiger partial charge in [-0.1, -0.05) is 18.2 Å². The Morgan fingerprint density at radius 3 is 2.46 bits per heavy atom. The molecule has 0 bridgehead atoms. The van der Waals surface area contributed by atoms with Crippen LogP contribution < -0.4 is 10.6 Å². The van der Waals surface area contributed by atoms with Gasteiger partial charge in [0.15, 0.2) is 0 Å². The average Bonchev–Trinajstić information content (AvgIpc) is 3.32. The highest BCUT2D eigenvalue weighted by Gasteiger charge is 2.12. The van der Waals surface area contributed by atoms with Gasteiger partial charge in [-0.05, 0) is 79.6 Å². The summed E-state index contributed by atoms with van der Waals surface area (Å²) in [7, 11) is 0. The lowest BCUT2D eigenvalue weighted by atomic mass is 10.1. The summed E-state index contributed by atoms with van der Waals surface area (Å²) in [6.07, 6.45) is 2.62. The molecule has 3 N–H and O–H groups in total. The monoisotopic (exact) mass is 394 g/mol. The minimum Gasteiger partial charge on any atom is -0.350 e. The molecule has 6 nitrogen and oxygen atoms in total. The molecule has 28 heavy (non-hydrogen) atoms. The highest BCUT2D eigenvalue weighted by molar-refractivity contribution is 7.97. The summed E-state index contributed by atoms with van der Waals surface area (Å²) in [5.74, 6) is 1.22. The van der Waals surface area contributed by atoms with Gasteiger partial charge in [-0.3, -0.25) is 0 Å². The maximum absolute atomic E-state index is 4.47. The summed E-state index contributed by atoms with van der Waals surface area (Å²) in [6, 6.07) is 15.0. The van der Waals surface area contributed by atoms with Crippen LogP contribution in [0.4, 0.5) is 17.6 Å². The van der Waals surface area contributed by atoms with Crippen LogP contribution in [0, 0.1) is 13.8 Å². The molecule has 0 amide bonds. The number of rotatable bonds is 7. The smallest absolute Gasteiger partial charge is 0.248 e. The van der Waals surface area contributed by atoms with Crippen LogP contribution >= 0.6 is 11.9 Å². The molecule has 0 radical (unpaired) electrons. The first-order valence-corrected chi connectivity index (χ1v) is 10.4. The number of hydrogen-bond donors (Lipinski definition) is 3. The van der Waals surface area contributed by atoms with E-state index in [1.807, 2.05) is 11.9 Å². The number of aryl methyl sites for hydroxylation is 2. The van der Waals surface area contributed by atoms with E-state index in [4.69, 9.17) is 0 Å². The van der Waals surface area contributed by atoms with Crippen molar-refractivity contribution in [2.45, 2.75) is 38.1 Å². The summed E-state index contributed by atoms with van der Waals surface area (Å²) in [5, 5.41) is 13.7. The van der Waals surface area contributed by atoms with E-state index in [1.54, 1.807) is 0 Å². The van der Waals surface area contributed by atoms with E-state index in [0.29, 0.717) is 18.4 Å². The van der Waals surface area contributed by atoms with Crippen molar-refractivity contribution in [1.82, 2.24) is 19.5 Å². The summed E-state index contributed by atoms with van der Waals surface area (Å²) in [6.45, 7) is 7.25. The van der Waals surface area contributed by atoms with Crippen LogP contribution in [0.3, 0.4) is 0 Å². The minimum atomic E-state index is 0.560. The molecule has 3 aromatic rings. The fraction of sp³-hybridized carbons (Fsp3) is 0.333. The Morgan fingerprint density at radius 1 is 1.04 bits per heavy atom. The van der Waals surface area contributed by atoms with E-state index in [9.17, 15) is 0 Å². The lowest BCUT2D eigenvalue weighted by molar-refractivity contribution is 0.586. The quantitative estimate of drug-likeness (QED) is 0.496. The molecule has 2 aromatic carbocycles. The third-order valence-electron chi connectivity index (χ3n) is 4.65. The molecule has 0 saturated carbocycles. The molecule has 1 aliphatic rings. The van der Waals surface area contributed by atoms with Crippen LogP contribution in [0.5, 0.6) is 0 Å². The maximum Gasteiger partial charge on any atom is 0.248 e. The van der Waals surface area contributed by atoms with Crippen molar-refractivity contribution in [2.24, 2.45) is 0 Å². The Labute approximate surface area is 170 Å². The van der Waals surface area contributed by atoms with Crippen LogP contribution in [0.1, 0.15) is 29.5 Å². The summed E-state index contributed by atoms with van der Waals surface area (Å²) < 4.78 is 2.44. The SMILES string of the molecule is Cc1cc(C)cc(Nc2n[nH]c(NCc3ccc(SN4CCCC4)cc3)n2)c1. The topological polar surface area (TPSA) is 68.9 Å². The highest BCUT2D eigenvalue weighted by Crippen LogP contribution is 2.26. The van der Waals surface area contributed by atoms with E-state index in [0.717, 1.165) is 5.69 Å². The van der Waals surface area contributed by atoms with E-state index < -0.39 is 0 Å². The van der Waals surface area contributed by atoms with Crippen LogP contribution in [0.25, 0.3) is 0 Å². The fourth-order valence-electron chi connectivity index (χ4n) is 3.36. The molecule has 0 spiro atoms. The van der Waals surface area contributed by atoms with Crippen molar-refractivity contribution in [3.8, 4) is 0 Å². The fourth-order valence-corrected chi connectivity index (χ4v) is 4.35. The zero-order valence-corrected chi connectivity index (χ0v) is 17.1. The van der Waals surface area contributed by atoms with E-state index in [2.05, 4.69) is 86.4 Å². The Balaban J connectivity index is 1.30. The zero-order chi connectivity index (χ0) is 19.3. The second-order valence-corrected chi connectivity index (χ2v) is 8.40. The molecule has 0 unspecified atom stereocenters. The number of anilines is 3. The number of aromatic nitrogens is 3. The van der Waals surface area contributed by atoms with Gasteiger partial charge in [0.1, 0.15) is 0 Å². The normalized spacial score (nSPS) is 14.4. The molecule has 1 fully saturated rings. The number of H-pyrrole nitrogens is 1. The summed E-state index contributed by atoms with van der Waals surface area (Å²) >= 11 is 1.86. The first-order chi connectivity index (χ1) is 13.6. The molecule has 146 valence electrons. The average molecular weight is 395 g/mol. The number of benzene rings is 2. The van der Waals surface area contributed by atoms with Gasteiger partial charge in [0, 0.05) is 30.2 Å². The third-order valence-corrected chi connectivity index (χ3v) is 5.75. The molecule has 2 heterocycles. The van der Waals surface area contributed by atoms with Gasteiger partial charge in [-0.15, -0.1) is 5.10 Å². The van der Waals surface area contributed by atoms with Gasteiger partial charge in [-0.25, -0.2) is 9.40 Å². The first kappa shape index (κ1) is 18.8.